The molecule has 1 aromatic rings. The molecule has 1 aromatic heterocycles. The first-order valence-corrected chi connectivity index (χ1v) is 2.61. The van der Waals surface area contributed by atoms with Crippen molar-refractivity contribution in [2.45, 2.75) is 0 Å². The minimum Gasteiger partial charge on any atom is -0.481 e. The highest BCUT2D eigenvalue weighted by Gasteiger charge is 1.91. The molecular formula is C7H7NO2. The van der Waals surface area contributed by atoms with E-state index in [-0.39, 0.29) is 5.88 Å². The number of rotatable bonds is 2. The maximum Gasteiger partial charge on any atom is 0.212 e. The summed E-state index contributed by atoms with van der Waals surface area (Å²) in [5, 5.41) is 0. The van der Waals surface area contributed by atoms with Gasteiger partial charge in [0.25, 0.3) is 0 Å². The number of nitrogens with zero attached hydrogens (tertiary/aromatic N) is 1. The molecule has 0 saturated carbocycles. The monoisotopic (exact) mass is 140 g/mol. The lowest BCUT2D eigenvalue weighted by atomic mass is 10.3. The molecule has 0 radical (unpaired) electrons. The van der Waals surface area contributed by atoms with Crippen LogP contribution in [0.25, 0.3) is 0 Å². The molecule has 0 spiro atoms. The van der Waals surface area contributed by atoms with E-state index in [0.29, 0.717) is 11.8 Å². The van der Waals surface area contributed by atoms with E-state index in [0.717, 1.165) is 0 Å². The van der Waals surface area contributed by atoms with Crippen LogP contribution in [0.4, 0.5) is 0 Å². The standard InChI is InChI=1S/C7H7NO2/c1-10-7-3-2-6(5-9)4-8-7/h2-5H,1H3/i1D3. The summed E-state index contributed by atoms with van der Waals surface area (Å²) in [5.41, 5.74) is 0.373. The van der Waals surface area contributed by atoms with Gasteiger partial charge < -0.3 is 4.74 Å². The van der Waals surface area contributed by atoms with Crippen molar-refractivity contribution in [2.75, 3.05) is 7.04 Å². The average molecular weight is 140 g/mol. The van der Waals surface area contributed by atoms with Crippen molar-refractivity contribution in [1.82, 2.24) is 4.98 Å². The smallest absolute Gasteiger partial charge is 0.212 e. The Hall–Kier alpha value is -1.38. The number of aromatic nitrogens is 1. The summed E-state index contributed by atoms with van der Waals surface area (Å²) in [6.45, 7) is 0. The van der Waals surface area contributed by atoms with E-state index in [2.05, 4.69) is 9.72 Å². The summed E-state index contributed by atoms with van der Waals surface area (Å²) < 4.78 is 24.8. The highest BCUT2D eigenvalue weighted by molar-refractivity contribution is 5.73. The van der Waals surface area contributed by atoms with Gasteiger partial charge in [-0.1, -0.05) is 0 Å². The van der Waals surface area contributed by atoms with Crippen LogP contribution in [-0.2, 0) is 0 Å². The highest BCUT2D eigenvalue weighted by Crippen LogP contribution is 2.03. The normalized spacial score (nSPS) is 14.6. The van der Waals surface area contributed by atoms with Crippen LogP contribution < -0.4 is 4.74 Å². The van der Waals surface area contributed by atoms with Crippen LogP contribution in [0, 0.1) is 0 Å². The molecule has 1 rings (SSSR count). The summed E-state index contributed by atoms with van der Waals surface area (Å²) in [6, 6.07) is 2.76. The van der Waals surface area contributed by atoms with Crippen LogP contribution in [0.5, 0.6) is 5.88 Å². The molecule has 0 aliphatic heterocycles. The second kappa shape index (κ2) is 2.96. The molecule has 0 fully saturated rings. The minimum absolute atomic E-state index is 0.0226. The summed E-state index contributed by atoms with van der Waals surface area (Å²) in [7, 11) is -2.50. The third kappa shape index (κ3) is 1.31. The van der Waals surface area contributed by atoms with Crippen molar-refractivity contribution >= 4 is 6.29 Å². The predicted octanol–water partition coefficient (Wildman–Crippen LogP) is 0.903. The first-order chi connectivity index (χ1) is 6.01. The number of pyridine rings is 1. The molecule has 0 aliphatic rings. The molecule has 3 nitrogen and oxygen atoms in total. The summed E-state index contributed by atoms with van der Waals surface area (Å²) >= 11 is 0. The molecule has 0 aromatic carbocycles. The highest BCUT2D eigenvalue weighted by atomic mass is 16.5. The molecule has 0 saturated heterocycles. The number of hydrogen-bond donors (Lipinski definition) is 0. The SMILES string of the molecule is [2H]C([2H])([2H])Oc1ccc(C=O)cn1. The summed E-state index contributed by atoms with van der Waals surface area (Å²) in [5.74, 6) is -0.0226. The second-order valence-electron chi connectivity index (χ2n) is 1.65. The quantitative estimate of drug-likeness (QED) is 0.573. The Kier molecular flexibility index (Phi) is 1.10. The number of ether oxygens (including phenoxy) is 1. The van der Waals surface area contributed by atoms with Gasteiger partial charge >= 0.3 is 0 Å². The largest absolute Gasteiger partial charge is 0.481 e. The van der Waals surface area contributed by atoms with Crippen molar-refractivity contribution in [3.8, 4) is 5.88 Å². The number of carbonyl (C=O) groups excluding carboxylic acids is 1. The average Bonchev–Trinajstić information content (AvgIpc) is 2.03. The Bertz CT molecular complexity index is 294. The second-order valence-corrected chi connectivity index (χ2v) is 1.65. The number of aldehydes is 1. The van der Waals surface area contributed by atoms with Crippen LogP contribution >= 0.6 is 0 Å². The first-order valence-electron chi connectivity index (χ1n) is 4.11. The predicted molar refractivity (Wildman–Crippen MR) is 36.2 cm³/mol. The number of hydrogen-bond acceptors (Lipinski definition) is 3. The van der Waals surface area contributed by atoms with Gasteiger partial charge in [-0.3, -0.25) is 4.79 Å². The van der Waals surface area contributed by atoms with Gasteiger partial charge in [-0.15, -0.1) is 0 Å². The zero-order valence-corrected chi connectivity index (χ0v) is 5.07. The van der Waals surface area contributed by atoms with Crippen molar-refractivity contribution in [3.63, 3.8) is 0 Å². The van der Waals surface area contributed by atoms with Crippen molar-refractivity contribution in [3.05, 3.63) is 23.9 Å². The molecular weight excluding hydrogens is 130 g/mol. The Morgan fingerprint density at radius 1 is 1.80 bits per heavy atom. The molecule has 0 amide bonds. The van der Waals surface area contributed by atoms with Gasteiger partial charge in [-0.25, -0.2) is 4.98 Å². The molecule has 1 heterocycles. The zero-order chi connectivity index (χ0) is 9.90. The summed E-state index contributed by atoms with van der Waals surface area (Å²) in [4.78, 5) is 13.8. The van der Waals surface area contributed by atoms with E-state index in [1.807, 2.05) is 0 Å². The van der Waals surface area contributed by atoms with E-state index in [1.54, 1.807) is 0 Å². The van der Waals surface area contributed by atoms with Crippen LogP contribution in [0.15, 0.2) is 18.3 Å². The van der Waals surface area contributed by atoms with Gasteiger partial charge in [0.1, 0.15) is 0 Å². The van der Waals surface area contributed by atoms with Gasteiger partial charge in [-0.05, 0) is 6.07 Å². The van der Waals surface area contributed by atoms with Crippen LogP contribution in [0.2, 0.25) is 0 Å². The molecule has 3 heteroatoms. The van der Waals surface area contributed by atoms with Crippen molar-refractivity contribution < 1.29 is 13.6 Å². The zero-order valence-electron chi connectivity index (χ0n) is 8.07. The Morgan fingerprint density at radius 2 is 2.70 bits per heavy atom. The maximum absolute atomic E-state index is 10.2. The van der Waals surface area contributed by atoms with Gasteiger partial charge in [0.2, 0.25) is 5.88 Å². The Morgan fingerprint density at radius 3 is 3.20 bits per heavy atom. The van der Waals surface area contributed by atoms with E-state index in [4.69, 9.17) is 4.11 Å². The summed E-state index contributed by atoms with van der Waals surface area (Å²) in [6.07, 6.45) is 1.86. The van der Waals surface area contributed by atoms with Gasteiger partial charge in [0, 0.05) is 17.8 Å². The number of carbonyl (C=O) groups is 1. The van der Waals surface area contributed by atoms with Crippen molar-refractivity contribution in [1.29, 1.82) is 0 Å². The van der Waals surface area contributed by atoms with E-state index < -0.39 is 7.04 Å². The molecule has 0 bridgehead atoms. The Labute approximate surface area is 62.9 Å². The van der Waals surface area contributed by atoms with Gasteiger partial charge in [0.15, 0.2) is 6.29 Å². The Balaban J connectivity index is 2.75. The van der Waals surface area contributed by atoms with Gasteiger partial charge in [-0.2, -0.15) is 0 Å². The maximum atomic E-state index is 10.2. The van der Waals surface area contributed by atoms with Gasteiger partial charge in [0.05, 0.1) is 11.2 Å². The fourth-order valence-corrected chi connectivity index (χ4v) is 0.522. The third-order valence-corrected chi connectivity index (χ3v) is 1.000. The minimum atomic E-state index is -2.50. The molecule has 0 atom stereocenters. The van der Waals surface area contributed by atoms with E-state index in [9.17, 15) is 4.79 Å². The molecule has 0 N–H and O–H groups in total. The van der Waals surface area contributed by atoms with E-state index >= 15 is 0 Å². The van der Waals surface area contributed by atoms with Crippen molar-refractivity contribution in [2.24, 2.45) is 0 Å². The molecule has 0 aliphatic carbocycles. The lowest BCUT2D eigenvalue weighted by Crippen LogP contribution is -1.87. The molecule has 10 heavy (non-hydrogen) atoms. The first kappa shape index (κ1) is 3.71. The topological polar surface area (TPSA) is 39.2 Å². The molecule has 52 valence electrons. The fraction of sp³-hybridized carbons (Fsp3) is 0.143. The van der Waals surface area contributed by atoms with Crippen LogP contribution in [0.3, 0.4) is 0 Å². The lowest BCUT2D eigenvalue weighted by Gasteiger charge is -1.95. The molecule has 0 unspecified atom stereocenters. The van der Waals surface area contributed by atoms with E-state index in [1.165, 1.54) is 18.3 Å². The van der Waals surface area contributed by atoms with Crippen LogP contribution in [-0.4, -0.2) is 18.3 Å². The number of methoxy groups -OCH3 is 1. The third-order valence-electron chi connectivity index (χ3n) is 1.000. The fourth-order valence-electron chi connectivity index (χ4n) is 0.522. The lowest BCUT2D eigenvalue weighted by molar-refractivity contribution is 0.112. The van der Waals surface area contributed by atoms with Crippen LogP contribution in [0.1, 0.15) is 14.5 Å².